The fourth-order valence-electron chi connectivity index (χ4n) is 2.59. The molecule has 0 aromatic heterocycles. The predicted octanol–water partition coefficient (Wildman–Crippen LogP) is 1.60. The molecule has 3 heteroatoms. The monoisotopic (exact) mass is 235 g/mol. The largest absolute Gasteiger partial charge is 0.497 e. The van der Waals surface area contributed by atoms with Crippen molar-refractivity contribution in [1.82, 2.24) is 5.32 Å². The molecule has 0 radical (unpaired) electrons. The lowest BCUT2D eigenvalue weighted by Crippen LogP contribution is -2.44. The fourth-order valence-corrected chi connectivity index (χ4v) is 2.59. The standard InChI is InChI=1S/C14H21NO2/c1-17-13-5-2-4-12(8-13)9-14(11-16)6-3-7-15-10-14/h2,4-5,8,15-16H,3,6-7,9-11H2,1H3. The number of benzene rings is 1. The molecule has 17 heavy (non-hydrogen) atoms. The van der Waals surface area contributed by atoms with Gasteiger partial charge in [0.1, 0.15) is 5.75 Å². The maximum absolute atomic E-state index is 9.66. The van der Waals surface area contributed by atoms with Crippen molar-refractivity contribution in [3.63, 3.8) is 0 Å². The minimum Gasteiger partial charge on any atom is -0.497 e. The summed E-state index contributed by atoms with van der Waals surface area (Å²) in [4.78, 5) is 0. The Bertz CT molecular complexity index is 359. The molecule has 1 aromatic carbocycles. The van der Waals surface area contributed by atoms with Crippen molar-refractivity contribution in [2.45, 2.75) is 19.3 Å². The van der Waals surface area contributed by atoms with E-state index in [2.05, 4.69) is 17.4 Å². The number of hydrogen-bond acceptors (Lipinski definition) is 3. The topological polar surface area (TPSA) is 41.5 Å². The Kier molecular flexibility index (Phi) is 4.02. The Morgan fingerprint density at radius 1 is 1.47 bits per heavy atom. The molecule has 0 bridgehead atoms. The minimum absolute atomic E-state index is 0.00458. The van der Waals surface area contributed by atoms with E-state index >= 15 is 0 Å². The molecule has 1 fully saturated rings. The van der Waals surface area contributed by atoms with Crippen molar-refractivity contribution < 1.29 is 9.84 Å². The number of methoxy groups -OCH3 is 1. The van der Waals surface area contributed by atoms with Gasteiger partial charge in [-0.1, -0.05) is 12.1 Å². The first-order valence-corrected chi connectivity index (χ1v) is 6.22. The van der Waals surface area contributed by atoms with E-state index in [0.717, 1.165) is 38.1 Å². The molecule has 3 nitrogen and oxygen atoms in total. The van der Waals surface area contributed by atoms with Crippen LogP contribution < -0.4 is 10.1 Å². The van der Waals surface area contributed by atoms with Crippen LogP contribution in [-0.4, -0.2) is 31.9 Å². The van der Waals surface area contributed by atoms with Gasteiger partial charge in [0.15, 0.2) is 0 Å². The van der Waals surface area contributed by atoms with E-state index in [0.29, 0.717) is 0 Å². The summed E-state index contributed by atoms with van der Waals surface area (Å²) in [6.07, 6.45) is 3.14. The van der Waals surface area contributed by atoms with E-state index < -0.39 is 0 Å². The van der Waals surface area contributed by atoms with Gasteiger partial charge in [0.05, 0.1) is 13.7 Å². The maximum atomic E-state index is 9.66. The Balaban J connectivity index is 2.11. The van der Waals surface area contributed by atoms with Gasteiger partial charge in [0.2, 0.25) is 0 Å². The molecular weight excluding hydrogens is 214 g/mol. The van der Waals surface area contributed by atoms with Crippen LogP contribution in [0, 0.1) is 5.41 Å². The highest BCUT2D eigenvalue weighted by Crippen LogP contribution is 2.30. The molecule has 1 aromatic rings. The van der Waals surface area contributed by atoms with Gasteiger partial charge in [-0.25, -0.2) is 0 Å². The number of hydrogen-bond donors (Lipinski definition) is 2. The Hall–Kier alpha value is -1.06. The van der Waals surface area contributed by atoms with E-state index in [4.69, 9.17) is 4.74 Å². The van der Waals surface area contributed by atoms with Crippen LogP contribution in [0.4, 0.5) is 0 Å². The Labute approximate surface area is 103 Å². The van der Waals surface area contributed by atoms with Crippen molar-refractivity contribution in [3.05, 3.63) is 29.8 Å². The van der Waals surface area contributed by atoms with Crippen molar-refractivity contribution in [3.8, 4) is 5.75 Å². The quantitative estimate of drug-likeness (QED) is 0.833. The molecule has 2 N–H and O–H groups in total. The molecule has 1 heterocycles. The number of aliphatic hydroxyl groups excluding tert-OH is 1. The molecule has 0 amide bonds. The highest BCUT2D eigenvalue weighted by Gasteiger charge is 2.31. The molecule has 0 saturated carbocycles. The van der Waals surface area contributed by atoms with E-state index in [1.54, 1.807) is 7.11 Å². The van der Waals surface area contributed by atoms with Crippen molar-refractivity contribution in [1.29, 1.82) is 0 Å². The van der Waals surface area contributed by atoms with E-state index in [-0.39, 0.29) is 12.0 Å². The van der Waals surface area contributed by atoms with Crippen LogP contribution in [0.3, 0.4) is 0 Å². The van der Waals surface area contributed by atoms with Crippen LogP contribution in [0.25, 0.3) is 0 Å². The molecule has 0 aliphatic carbocycles. The number of ether oxygens (including phenoxy) is 1. The van der Waals surface area contributed by atoms with Gasteiger partial charge >= 0.3 is 0 Å². The van der Waals surface area contributed by atoms with Gasteiger partial charge in [-0.15, -0.1) is 0 Å². The number of nitrogens with one attached hydrogen (secondary N) is 1. The van der Waals surface area contributed by atoms with Crippen molar-refractivity contribution >= 4 is 0 Å². The second-order valence-electron chi connectivity index (χ2n) is 4.97. The van der Waals surface area contributed by atoms with Crippen LogP contribution in [0.2, 0.25) is 0 Å². The number of aliphatic hydroxyl groups is 1. The first-order chi connectivity index (χ1) is 8.28. The molecule has 1 aliphatic heterocycles. The van der Waals surface area contributed by atoms with Crippen LogP contribution in [0.1, 0.15) is 18.4 Å². The van der Waals surface area contributed by atoms with E-state index in [1.807, 2.05) is 12.1 Å². The lowest BCUT2D eigenvalue weighted by atomic mass is 9.76. The molecule has 1 aliphatic rings. The fraction of sp³-hybridized carbons (Fsp3) is 0.571. The minimum atomic E-state index is 0.00458. The summed E-state index contributed by atoms with van der Waals surface area (Å²) in [7, 11) is 1.68. The summed E-state index contributed by atoms with van der Waals surface area (Å²) in [5.74, 6) is 0.888. The zero-order valence-electron chi connectivity index (χ0n) is 10.4. The smallest absolute Gasteiger partial charge is 0.119 e. The highest BCUT2D eigenvalue weighted by molar-refractivity contribution is 5.29. The molecular formula is C14H21NO2. The maximum Gasteiger partial charge on any atom is 0.119 e. The summed E-state index contributed by atoms with van der Waals surface area (Å²) >= 11 is 0. The summed E-state index contributed by atoms with van der Waals surface area (Å²) in [5.41, 5.74) is 1.24. The summed E-state index contributed by atoms with van der Waals surface area (Å²) < 4.78 is 5.23. The summed E-state index contributed by atoms with van der Waals surface area (Å²) in [6, 6.07) is 8.13. The third-order valence-electron chi connectivity index (χ3n) is 3.61. The zero-order chi connectivity index (χ0) is 12.1. The zero-order valence-corrected chi connectivity index (χ0v) is 10.4. The van der Waals surface area contributed by atoms with Gasteiger partial charge < -0.3 is 15.2 Å². The molecule has 1 atom stereocenters. The van der Waals surface area contributed by atoms with E-state index in [9.17, 15) is 5.11 Å². The normalized spacial score (nSPS) is 24.6. The van der Waals surface area contributed by atoms with Gasteiger partial charge in [-0.05, 0) is 43.5 Å². The van der Waals surface area contributed by atoms with Gasteiger partial charge in [0, 0.05) is 12.0 Å². The highest BCUT2D eigenvalue weighted by atomic mass is 16.5. The van der Waals surface area contributed by atoms with Crippen LogP contribution in [0.5, 0.6) is 5.75 Å². The van der Waals surface area contributed by atoms with Gasteiger partial charge in [-0.3, -0.25) is 0 Å². The molecule has 2 rings (SSSR count). The van der Waals surface area contributed by atoms with Crippen molar-refractivity contribution in [2.24, 2.45) is 5.41 Å². The molecule has 94 valence electrons. The first-order valence-electron chi connectivity index (χ1n) is 6.22. The van der Waals surface area contributed by atoms with Crippen molar-refractivity contribution in [2.75, 3.05) is 26.8 Å². The lowest BCUT2D eigenvalue weighted by Gasteiger charge is -2.36. The second kappa shape index (κ2) is 5.52. The lowest BCUT2D eigenvalue weighted by molar-refractivity contribution is 0.0947. The molecule has 0 spiro atoms. The SMILES string of the molecule is COc1cccc(CC2(CO)CCCNC2)c1. The first kappa shape index (κ1) is 12.4. The second-order valence-corrected chi connectivity index (χ2v) is 4.97. The Morgan fingerprint density at radius 3 is 3.00 bits per heavy atom. The Morgan fingerprint density at radius 2 is 2.35 bits per heavy atom. The van der Waals surface area contributed by atoms with Gasteiger partial charge in [-0.2, -0.15) is 0 Å². The number of piperidine rings is 1. The van der Waals surface area contributed by atoms with E-state index in [1.165, 1.54) is 5.56 Å². The average Bonchev–Trinajstić information content (AvgIpc) is 2.40. The molecule has 1 saturated heterocycles. The van der Waals surface area contributed by atoms with Crippen LogP contribution in [0.15, 0.2) is 24.3 Å². The number of rotatable bonds is 4. The third kappa shape index (κ3) is 2.99. The third-order valence-corrected chi connectivity index (χ3v) is 3.61. The van der Waals surface area contributed by atoms with Crippen LogP contribution in [-0.2, 0) is 6.42 Å². The van der Waals surface area contributed by atoms with Crippen LogP contribution >= 0.6 is 0 Å². The molecule has 1 unspecified atom stereocenters. The van der Waals surface area contributed by atoms with Gasteiger partial charge in [0.25, 0.3) is 0 Å². The summed E-state index contributed by atoms with van der Waals surface area (Å²) in [5, 5.41) is 13.0. The summed E-state index contributed by atoms with van der Waals surface area (Å²) in [6.45, 7) is 2.22. The average molecular weight is 235 g/mol. The predicted molar refractivity (Wildman–Crippen MR) is 68.3 cm³/mol.